The van der Waals surface area contributed by atoms with Gasteiger partial charge in [-0.2, -0.15) is 0 Å². The number of rotatable bonds is 6. The van der Waals surface area contributed by atoms with Gasteiger partial charge in [0.15, 0.2) is 5.76 Å². The first-order chi connectivity index (χ1) is 19.3. The predicted molar refractivity (Wildman–Crippen MR) is 147 cm³/mol. The minimum atomic E-state index is -1.05. The average Bonchev–Trinajstić information content (AvgIpc) is 2.94. The Bertz CT molecular complexity index is 1790. The number of methoxy groups -OCH3 is 1. The molecular formula is C30H29N3O7. The van der Waals surface area contributed by atoms with Crippen molar-refractivity contribution < 1.29 is 19.1 Å². The Kier molecular flexibility index (Phi) is 6.63. The smallest absolute Gasteiger partial charge is 0.306 e. The van der Waals surface area contributed by atoms with Crippen molar-refractivity contribution in [2.75, 3.05) is 20.2 Å². The number of carbonyl (C=O) groups excluding carboxylic acids is 1. The molecule has 10 heteroatoms. The molecule has 2 N–H and O–H groups in total. The van der Waals surface area contributed by atoms with Gasteiger partial charge >= 0.3 is 5.97 Å². The Labute approximate surface area is 228 Å². The molecule has 3 atom stereocenters. The first-order valence-electron chi connectivity index (χ1n) is 13.3. The summed E-state index contributed by atoms with van der Waals surface area (Å²) in [5.74, 6) is -1.70. The fourth-order valence-corrected chi connectivity index (χ4v) is 6.23. The summed E-state index contributed by atoms with van der Waals surface area (Å²) in [6.45, 7) is 2.33. The highest BCUT2D eigenvalue weighted by atomic mass is 16.5. The lowest BCUT2D eigenvalue weighted by molar-refractivity contribution is -0.140. The minimum absolute atomic E-state index is 0.00940. The van der Waals surface area contributed by atoms with Gasteiger partial charge in [-0.15, -0.1) is 0 Å². The molecule has 206 valence electrons. The highest BCUT2D eigenvalue weighted by Gasteiger charge is 2.35. The van der Waals surface area contributed by atoms with E-state index in [0.717, 1.165) is 17.5 Å². The highest BCUT2D eigenvalue weighted by Crippen LogP contribution is 2.37. The number of likely N-dealkylation sites (tertiary alicyclic amines) is 1. The molecule has 0 spiro atoms. The zero-order chi connectivity index (χ0) is 28.0. The third-order valence-corrected chi connectivity index (χ3v) is 8.01. The van der Waals surface area contributed by atoms with Gasteiger partial charge < -0.3 is 23.8 Å². The van der Waals surface area contributed by atoms with Gasteiger partial charge in [0.2, 0.25) is 11.2 Å². The van der Waals surface area contributed by atoms with Crippen molar-refractivity contribution >= 4 is 16.9 Å². The summed E-state index contributed by atoms with van der Waals surface area (Å²) >= 11 is 0. The number of H-pyrrole nitrogens is 1. The SMILES string of the molecule is COC(=O)C[C@@H](c1oc(CN2C[C@@H]3C[C@H](C2)c2cccc(=O)n2C3)cc(=O)c1O)c1cc2ccccc2[nH]c1=O. The molecule has 6 rings (SSSR count). The third kappa shape index (κ3) is 4.75. The summed E-state index contributed by atoms with van der Waals surface area (Å²) in [7, 11) is 1.23. The van der Waals surface area contributed by atoms with Gasteiger partial charge in [-0.1, -0.05) is 24.3 Å². The fourth-order valence-electron chi connectivity index (χ4n) is 6.23. The first-order valence-corrected chi connectivity index (χ1v) is 13.3. The molecule has 0 unspecified atom stereocenters. The van der Waals surface area contributed by atoms with E-state index >= 15 is 0 Å². The monoisotopic (exact) mass is 543 g/mol. The van der Waals surface area contributed by atoms with Crippen LogP contribution in [-0.2, 0) is 22.6 Å². The lowest BCUT2D eigenvalue weighted by Gasteiger charge is -2.42. The van der Waals surface area contributed by atoms with Crippen molar-refractivity contribution in [2.45, 2.75) is 37.8 Å². The molecule has 0 aliphatic carbocycles. The van der Waals surface area contributed by atoms with Crippen LogP contribution < -0.4 is 16.5 Å². The fraction of sp³-hybridized carbons (Fsp3) is 0.333. The molecule has 2 aliphatic rings. The van der Waals surface area contributed by atoms with Gasteiger partial charge in [-0.25, -0.2) is 0 Å². The van der Waals surface area contributed by atoms with Crippen LogP contribution >= 0.6 is 0 Å². The zero-order valence-electron chi connectivity index (χ0n) is 22.0. The Hall–Kier alpha value is -4.44. The summed E-state index contributed by atoms with van der Waals surface area (Å²) in [5.41, 5.74) is 0.696. The highest BCUT2D eigenvalue weighted by molar-refractivity contribution is 5.79. The van der Waals surface area contributed by atoms with E-state index in [2.05, 4.69) is 9.88 Å². The number of aromatic hydroxyl groups is 1. The molecule has 0 radical (unpaired) electrons. The molecule has 5 heterocycles. The third-order valence-electron chi connectivity index (χ3n) is 8.01. The summed E-state index contributed by atoms with van der Waals surface area (Å²) < 4.78 is 12.8. The van der Waals surface area contributed by atoms with E-state index in [-0.39, 0.29) is 35.1 Å². The normalized spacial score (nSPS) is 19.2. The van der Waals surface area contributed by atoms with E-state index in [1.54, 1.807) is 30.3 Å². The number of nitrogens with one attached hydrogen (secondary N) is 1. The number of ether oxygens (including phenoxy) is 1. The van der Waals surface area contributed by atoms with Gasteiger partial charge in [0, 0.05) is 54.5 Å². The van der Waals surface area contributed by atoms with Crippen molar-refractivity contribution in [1.82, 2.24) is 14.5 Å². The maximum absolute atomic E-state index is 13.1. The molecule has 2 bridgehead atoms. The maximum Gasteiger partial charge on any atom is 0.306 e. The van der Waals surface area contributed by atoms with Crippen LogP contribution in [0.2, 0.25) is 0 Å². The van der Waals surface area contributed by atoms with E-state index in [4.69, 9.17) is 9.15 Å². The molecule has 0 saturated carbocycles. The number of carbonyl (C=O) groups is 1. The van der Waals surface area contributed by atoms with E-state index in [9.17, 15) is 24.3 Å². The zero-order valence-corrected chi connectivity index (χ0v) is 22.0. The van der Waals surface area contributed by atoms with Crippen LogP contribution in [-0.4, -0.2) is 45.7 Å². The van der Waals surface area contributed by atoms with E-state index in [1.165, 1.54) is 13.2 Å². The predicted octanol–water partition coefficient (Wildman–Crippen LogP) is 2.66. The number of para-hydroxylation sites is 1. The first kappa shape index (κ1) is 25.8. The second kappa shape index (κ2) is 10.3. The van der Waals surface area contributed by atoms with Crippen molar-refractivity contribution in [2.24, 2.45) is 5.92 Å². The standard InChI is InChI=1S/C30H29N3O7/c1-39-27(36)12-21(22-10-18-5-2-3-6-23(18)31-30(22)38)29-28(37)25(34)11-20(40-29)16-32-13-17-9-19(15-32)24-7-4-8-26(35)33(24)14-17/h2-8,10-11,17,19,21,37H,9,12-16H2,1H3,(H,31,38)/t17-,19+,21+/m0/s1. The molecule has 2 aliphatic heterocycles. The van der Waals surface area contributed by atoms with Crippen molar-refractivity contribution in [1.29, 1.82) is 0 Å². The van der Waals surface area contributed by atoms with Gasteiger partial charge in [-0.3, -0.25) is 24.1 Å². The van der Waals surface area contributed by atoms with Crippen LogP contribution in [0, 0.1) is 5.92 Å². The number of aromatic nitrogens is 2. The van der Waals surface area contributed by atoms with Crippen LogP contribution in [0.15, 0.2) is 73.4 Å². The van der Waals surface area contributed by atoms with Gasteiger partial charge in [0.25, 0.3) is 11.1 Å². The van der Waals surface area contributed by atoms with Gasteiger partial charge in [0.1, 0.15) is 5.76 Å². The Morgan fingerprint density at radius 2 is 1.93 bits per heavy atom. The molecular weight excluding hydrogens is 514 g/mol. The molecule has 10 nitrogen and oxygen atoms in total. The number of esters is 1. The van der Waals surface area contributed by atoms with Gasteiger partial charge in [-0.05, 0) is 35.9 Å². The number of nitrogens with zero attached hydrogens (tertiary/aromatic N) is 2. The number of pyridine rings is 2. The van der Waals surface area contributed by atoms with Crippen LogP contribution in [0.4, 0.5) is 0 Å². The molecule has 3 aromatic heterocycles. The molecule has 4 aromatic rings. The minimum Gasteiger partial charge on any atom is -0.502 e. The summed E-state index contributed by atoms with van der Waals surface area (Å²) in [5, 5.41) is 11.5. The van der Waals surface area contributed by atoms with E-state index < -0.39 is 28.6 Å². The van der Waals surface area contributed by atoms with E-state index in [0.29, 0.717) is 37.5 Å². The van der Waals surface area contributed by atoms with Gasteiger partial charge in [0.05, 0.1) is 26.0 Å². The van der Waals surface area contributed by atoms with Crippen molar-refractivity contribution in [3.8, 4) is 5.75 Å². The summed E-state index contributed by atoms with van der Waals surface area (Å²) in [4.78, 5) is 55.8. The summed E-state index contributed by atoms with van der Waals surface area (Å²) in [6, 6.07) is 15.4. The molecule has 1 fully saturated rings. The lowest BCUT2D eigenvalue weighted by atomic mass is 9.83. The molecule has 1 aromatic carbocycles. The second-order valence-corrected chi connectivity index (χ2v) is 10.7. The molecule has 1 saturated heterocycles. The molecule has 40 heavy (non-hydrogen) atoms. The van der Waals surface area contributed by atoms with Crippen LogP contribution in [0.25, 0.3) is 10.9 Å². The number of fused-ring (bicyclic) bond motifs is 5. The molecule has 0 amide bonds. The topological polar surface area (TPSA) is 135 Å². The van der Waals surface area contributed by atoms with E-state index in [1.807, 2.05) is 22.8 Å². The maximum atomic E-state index is 13.1. The Morgan fingerprint density at radius 1 is 1.10 bits per heavy atom. The average molecular weight is 544 g/mol. The summed E-state index contributed by atoms with van der Waals surface area (Å²) in [6.07, 6.45) is 0.675. The van der Waals surface area contributed by atoms with Crippen LogP contribution in [0.1, 0.15) is 47.5 Å². The Morgan fingerprint density at radius 3 is 2.75 bits per heavy atom. The Balaban J connectivity index is 1.36. The largest absolute Gasteiger partial charge is 0.502 e. The number of benzene rings is 1. The second-order valence-electron chi connectivity index (χ2n) is 10.7. The number of hydrogen-bond donors (Lipinski definition) is 2. The van der Waals surface area contributed by atoms with Crippen molar-refractivity contribution in [3.63, 3.8) is 0 Å². The van der Waals surface area contributed by atoms with Crippen LogP contribution in [0.3, 0.4) is 0 Å². The number of aromatic amines is 1. The van der Waals surface area contributed by atoms with Crippen LogP contribution in [0.5, 0.6) is 5.75 Å². The number of piperidine rings is 1. The van der Waals surface area contributed by atoms with Crippen molar-refractivity contribution in [3.05, 3.63) is 108 Å². The number of hydrogen-bond acceptors (Lipinski definition) is 8. The lowest BCUT2D eigenvalue weighted by Crippen LogP contribution is -2.46. The quantitative estimate of drug-likeness (QED) is 0.355.